The molecule has 0 radical (unpaired) electrons. The Kier molecular flexibility index (Phi) is 4.74. The summed E-state index contributed by atoms with van der Waals surface area (Å²) in [5, 5.41) is 9.35. The zero-order valence-electron chi connectivity index (χ0n) is 13.9. The summed E-state index contributed by atoms with van der Waals surface area (Å²) in [5.41, 5.74) is 1.60. The number of anilines is 1. The maximum atomic E-state index is 14.1. The second-order valence-corrected chi connectivity index (χ2v) is 7.42. The van der Waals surface area contributed by atoms with Gasteiger partial charge in [-0.15, -0.1) is 0 Å². The molecule has 130 valence electrons. The average molecular weight is 366 g/mol. The molecule has 4 nitrogen and oxygen atoms in total. The smallest absolute Gasteiger partial charge is 0.261 e. The Bertz CT molecular complexity index is 1090. The van der Waals surface area contributed by atoms with E-state index in [4.69, 9.17) is 0 Å². The quantitative estimate of drug-likeness (QED) is 0.740. The van der Waals surface area contributed by atoms with Gasteiger partial charge in [0.2, 0.25) is 0 Å². The number of aryl methyl sites for hydroxylation is 1. The number of hydrogen-bond donors (Lipinski definition) is 1. The van der Waals surface area contributed by atoms with E-state index in [1.54, 1.807) is 42.5 Å². The molecule has 6 heteroatoms. The van der Waals surface area contributed by atoms with E-state index in [9.17, 15) is 18.1 Å². The Morgan fingerprint density at radius 1 is 0.962 bits per heavy atom. The van der Waals surface area contributed by atoms with E-state index in [0.29, 0.717) is 11.1 Å². The van der Waals surface area contributed by atoms with E-state index in [1.165, 1.54) is 18.2 Å². The average Bonchev–Trinajstić information content (AvgIpc) is 2.63. The molecule has 0 aromatic heterocycles. The number of benzene rings is 3. The third kappa shape index (κ3) is 3.44. The molecule has 1 N–H and O–H groups in total. The molecule has 0 aliphatic carbocycles. The van der Waals surface area contributed by atoms with Crippen molar-refractivity contribution in [1.82, 2.24) is 0 Å². The third-order valence-corrected chi connectivity index (χ3v) is 5.28. The van der Waals surface area contributed by atoms with Gasteiger partial charge in [0.15, 0.2) is 0 Å². The van der Waals surface area contributed by atoms with Crippen molar-refractivity contribution >= 4 is 15.7 Å². The van der Waals surface area contributed by atoms with Gasteiger partial charge in [0.05, 0.1) is 10.6 Å². The van der Waals surface area contributed by atoms with Crippen molar-refractivity contribution in [3.05, 3.63) is 83.7 Å². The molecule has 0 bridgehead atoms. The Hall–Kier alpha value is -3.17. The number of halogens is 1. The first-order valence-electron chi connectivity index (χ1n) is 7.80. The molecule has 0 unspecified atom stereocenters. The highest BCUT2D eigenvalue weighted by Crippen LogP contribution is 2.34. The molecule has 3 aromatic rings. The largest absolute Gasteiger partial charge is 0.278 e. The number of rotatable bonds is 4. The molecule has 0 spiro atoms. The zero-order chi connectivity index (χ0) is 18.7. The van der Waals surface area contributed by atoms with E-state index >= 15 is 0 Å². The number of nitrogens with one attached hydrogen (secondary N) is 1. The van der Waals surface area contributed by atoms with Crippen LogP contribution in [0.5, 0.6) is 0 Å². The highest BCUT2D eigenvalue weighted by atomic mass is 32.2. The van der Waals surface area contributed by atoms with Crippen LogP contribution in [0.3, 0.4) is 0 Å². The summed E-state index contributed by atoms with van der Waals surface area (Å²) in [6.45, 7) is 1.84. The number of sulfonamides is 1. The zero-order valence-corrected chi connectivity index (χ0v) is 14.7. The maximum Gasteiger partial charge on any atom is 0.261 e. The van der Waals surface area contributed by atoms with Crippen molar-refractivity contribution in [1.29, 1.82) is 5.26 Å². The van der Waals surface area contributed by atoms with Crippen molar-refractivity contribution in [2.45, 2.75) is 11.8 Å². The maximum absolute atomic E-state index is 14.1. The van der Waals surface area contributed by atoms with Crippen molar-refractivity contribution in [3.8, 4) is 17.2 Å². The highest BCUT2D eigenvalue weighted by molar-refractivity contribution is 7.92. The molecule has 0 fully saturated rings. The minimum Gasteiger partial charge on any atom is -0.278 e. The van der Waals surface area contributed by atoms with Gasteiger partial charge in [-0.25, -0.2) is 12.8 Å². The van der Waals surface area contributed by atoms with Crippen LogP contribution in [-0.4, -0.2) is 8.42 Å². The molecular weight excluding hydrogens is 351 g/mol. The lowest BCUT2D eigenvalue weighted by atomic mass is 10.0. The predicted molar refractivity (Wildman–Crippen MR) is 98.5 cm³/mol. The number of nitrogens with zero attached hydrogens (tertiary/aromatic N) is 1. The van der Waals surface area contributed by atoms with Crippen LogP contribution in [0.2, 0.25) is 0 Å². The summed E-state index contributed by atoms with van der Waals surface area (Å²) in [4.78, 5) is 0.0373. The van der Waals surface area contributed by atoms with Gasteiger partial charge >= 0.3 is 0 Å². The first-order chi connectivity index (χ1) is 12.4. The number of nitriles is 1. The summed E-state index contributed by atoms with van der Waals surface area (Å²) in [5.74, 6) is -0.784. The molecule has 26 heavy (non-hydrogen) atoms. The van der Waals surface area contributed by atoms with Crippen molar-refractivity contribution in [3.63, 3.8) is 0 Å². The van der Waals surface area contributed by atoms with E-state index < -0.39 is 15.8 Å². The second-order valence-electron chi connectivity index (χ2n) is 5.74. The van der Waals surface area contributed by atoms with E-state index in [2.05, 4.69) is 4.72 Å². The van der Waals surface area contributed by atoms with E-state index in [-0.39, 0.29) is 16.1 Å². The third-order valence-electron chi connectivity index (χ3n) is 3.92. The molecule has 3 rings (SSSR count). The Balaban J connectivity index is 2.16. The van der Waals surface area contributed by atoms with Crippen LogP contribution >= 0.6 is 0 Å². The minimum absolute atomic E-state index is 0.0373. The minimum atomic E-state index is -3.98. The number of hydrogen-bond acceptors (Lipinski definition) is 3. The van der Waals surface area contributed by atoms with Crippen LogP contribution in [0, 0.1) is 24.1 Å². The van der Waals surface area contributed by atoms with Crippen molar-refractivity contribution in [2.75, 3.05) is 4.72 Å². The highest BCUT2D eigenvalue weighted by Gasteiger charge is 2.21. The van der Waals surface area contributed by atoms with Gasteiger partial charge in [-0.2, -0.15) is 5.26 Å². The van der Waals surface area contributed by atoms with Crippen LogP contribution in [0.4, 0.5) is 10.1 Å². The molecular formula is C20H15FN2O2S. The fourth-order valence-corrected chi connectivity index (χ4v) is 3.65. The van der Waals surface area contributed by atoms with Gasteiger partial charge in [0.25, 0.3) is 10.0 Å². The van der Waals surface area contributed by atoms with E-state index in [0.717, 1.165) is 11.6 Å². The van der Waals surface area contributed by atoms with E-state index in [1.807, 2.05) is 13.0 Å². The fraction of sp³-hybridized carbons (Fsp3) is 0.0500. The molecule has 0 aliphatic heterocycles. The monoisotopic (exact) mass is 366 g/mol. The Morgan fingerprint density at radius 2 is 1.62 bits per heavy atom. The Morgan fingerprint density at radius 3 is 2.23 bits per heavy atom. The van der Waals surface area contributed by atoms with Gasteiger partial charge in [0, 0.05) is 5.56 Å². The van der Waals surface area contributed by atoms with Gasteiger partial charge < -0.3 is 0 Å². The lowest BCUT2D eigenvalue weighted by molar-refractivity contribution is 0.601. The standard InChI is InChI=1S/C20H15FN2O2S/c1-14-7-9-16(10-8-14)26(24,25)23-20-17(15-5-3-2-4-6-15)11-12-19(21)18(20)13-22/h2-12,23H,1H3. The lowest BCUT2D eigenvalue weighted by Crippen LogP contribution is -2.15. The van der Waals surface area contributed by atoms with Crippen LogP contribution in [0.1, 0.15) is 11.1 Å². The summed E-state index contributed by atoms with van der Waals surface area (Å²) >= 11 is 0. The van der Waals surface area contributed by atoms with Crippen LogP contribution in [0.25, 0.3) is 11.1 Å². The van der Waals surface area contributed by atoms with Crippen LogP contribution in [0.15, 0.2) is 71.6 Å². The summed E-state index contributed by atoms with van der Waals surface area (Å²) in [6, 6.07) is 19.5. The summed E-state index contributed by atoms with van der Waals surface area (Å²) < 4.78 is 42.0. The first-order valence-corrected chi connectivity index (χ1v) is 9.28. The molecule has 0 saturated heterocycles. The van der Waals surface area contributed by atoms with Gasteiger partial charge in [-0.05, 0) is 36.8 Å². The molecule has 0 saturated carbocycles. The molecule has 0 atom stereocenters. The summed E-state index contributed by atoms with van der Waals surface area (Å²) in [6.07, 6.45) is 0. The van der Waals surface area contributed by atoms with Gasteiger partial charge in [0.1, 0.15) is 17.4 Å². The summed E-state index contributed by atoms with van der Waals surface area (Å²) in [7, 11) is -3.98. The fourth-order valence-electron chi connectivity index (χ4n) is 2.56. The molecule has 3 aromatic carbocycles. The second kappa shape index (κ2) is 6.98. The lowest BCUT2D eigenvalue weighted by Gasteiger charge is -2.15. The normalized spacial score (nSPS) is 11.0. The van der Waals surface area contributed by atoms with Crippen molar-refractivity contribution < 1.29 is 12.8 Å². The van der Waals surface area contributed by atoms with Gasteiger partial charge in [-0.1, -0.05) is 48.0 Å². The topological polar surface area (TPSA) is 70.0 Å². The molecule has 0 heterocycles. The molecule has 0 aliphatic rings. The Labute approximate surface area is 151 Å². The van der Waals surface area contributed by atoms with Crippen LogP contribution < -0.4 is 4.72 Å². The van der Waals surface area contributed by atoms with Crippen LogP contribution in [-0.2, 0) is 10.0 Å². The SMILES string of the molecule is Cc1ccc(S(=O)(=O)Nc2c(-c3ccccc3)ccc(F)c2C#N)cc1. The first kappa shape index (κ1) is 17.6. The predicted octanol–water partition coefficient (Wildman–Crippen LogP) is 4.47. The molecule has 0 amide bonds. The van der Waals surface area contributed by atoms with Gasteiger partial charge in [-0.3, -0.25) is 4.72 Å². The van der Waals surface area contributed by atoms with Crippen molar-refractivity contribution in [2.24, 2.45) is 0 Å².